The summed E-state index contributed by atoms with van der Waals surface area (Å²) in [7, 11) is 0. The van der Waals surface area contributed by atoms with E-state index in [1.54, 1.807) is 66.9 Å². The molecule has 0 unspecified atom stereocenters. The van der Waals surface area contributed by atoms with Gasteiger partial charge >= 0.3 is 0 Å². The molecule has 7 nitrogen and oxygen atoms in total. The highest BCUT2D eigenvalue weighted by molar-refractivity contribution is 6.30. The number of oxazole rings is 1. The van der Waals surface area contributed by atoms with E-state index in [4.69, 9.17) is 20.4 Å². The smallest absolute Gasteiger partial charge is 0.280 e. The number of nitro groups is 1. The standard InChI is InChI=1S/C24H14ClN3O4/c25-16-5-3-4-15(12-16)24-27-20-13-17(8-10-23(20)32-24)26-14-18-9-11-22(31-18)19-6-1-2-7-21(19)28(29)30/h1-14H. The highest BCUT2D eigenvalue weighted by Crippen LogP contribution is 2.31. The second kappa shape index (κ2) is 8.13. The molecule has 0 aliphatic heterocycles. The molecule has 0 bridgehead atoms. The van der Waals surface area contributed by atoms with Crippen molar-refractivity contribution in [1.29, 1.82) is 0 Å². The molecule has 0 fully saturated rings. The average molecular weight is 444 g/mol. The van der Waals surface area contributed by atoms with Crippen LogP contribution in [0.25, 0.3) is 33.9 Å². The van der Waals surface area contributed by atoms with E-state index < -0.39 is 4.92 Å². The van der Waals surface area contributed by atoms with Crippen molar-refractivity contribution in [1.82, 2.24) is 4.98 Å². The zero-order chi connectivity index (χ0) is 22.1. The van der Waals surface area contributed by atoms with Crippen LogP contribution in [0.2, 0.25) is 5.02 Å². The molecule has 0 aliphatic rings. The number of benzene rings is 3. The van der Waals surface area contributed by atoms with Gasteiger partial charge in [-0.2, -0.15) is 0 Å². The van der Waals surface area contributed by atoms with Crippen molar-refractivity contribution in [3.05, 3.63) is 99.8 Å². The van der Waals surface area contributed by atoms with Crippen LogP contribution in [0.1, 0.15) is 5.76 Å². The van der Waals surface area contributed by atoms with E-state index in [9.17, 15) is 10.1 Å². The molecule has 0 amide bonds. The lowest BCUT2D eigenvalue weighted by molar-refractivity contribution is -0.384. The number of nitro benzene ring substituents is 1. The topological polar surface area (TPSA) is 94.7 Å². The molecule has 5 aromatic rings. The SMILES string of the molecule is O=[N+]([O-])c1ccccc1-c1ccc(C=Nc2ccc3oc(-c4cccc(Cl)c4)nc3c2)o1. The Hall–Kier alpha value is -4.23. The van der Waals surface area contributed by atoms with Crippen LogP contribution in [-0.2, 0) is 0 Å². The average Bonchev–Trinajstić information content (AvgIpc) is 3.44. The molecule has 0 atom stereocenters. The van der Waals surface area contributed by atoms with E-state index >= 15 is 0 Å². The van der Waals surface area contributed by atoms with Crippen LogP contribution in [0.3, 0.4) is 0 Å². The fraction of sp³-hybridized carbons (Fsp3) is 0. The maximum absolute atomic E-state index is 11.2. The zero-order valence-corrected chi connectivity index (χ0v) is 17.2. The first-order chi connectivity index (χ1) is 15.6. The van der Waals surface area contributed by atoms with Crippen LogP contribution in [0.4, 0.5) is 11.4 Å². The van der Waals surface area contributed by atoms with Crippen LogP contribution in [0, 0.1) is 10.1 Å². The van der Waals surface area contributed by atoms with Crippen LogP contribution < -0.4 is 0 Å². The van der Waals surface area contributed by atoms with Gasteiger partial charge in [-0.25, -0.2) is 4.98 Å². The number of nitrogens with zero attached hydrogens (tertiary/aromatic N) is 3. The van der Waals surface area contributed by atoms with Crippen molar-refractivity contribution in [2.24, 2.45) is 4.99 Å². The second-order valence-electron chi connectivity index (χ2n) is 6.92. The Kier molecular flexibility index (Phi) is 5.01. The summed E-state index contributed by atoms with van der Waals surface area (Å²) in [4.78, 5) is 19.8. The Labute approximate surface area is 186 Å². The van der Waals surface area contributed by atoms with Crippen molar-refractivity contribution >= 4 is 40.3 Å². The van der Waals surface area contributed by atoms with Crippen molar-refractivity contribution in [3.8, 4) is 22.8 Å². The lowest BCUT2D eigenvalue weighted by atomic mass is 10.1. The van der Waals surface area contributed by atoms with Gasteiger partial charge in [-0.15, -0.1) is 0 Å². The summed E-state index contributed by atoms with van der Waals surface area (Å²) in [5, 5.41) is 11.9. The minimum absolute atomic E-state index is 0.0164. The molecule has 0 radical (unpaired) electrons. The lowest BCUT2D eigenvalue weighted by Gasteiger charge is -1.98. The first kappa shape index (κ1) is 19.7. The number of hydrogen-bond acceptors (Lipinski definition) is 6. The highest BCUT2D eigenvalue weighted by atomic mass is 35.5. The number of aromatic nitrogens is 1. The molecule has 0 saturated carbocycles. The van der Waals surface area contributed by atoms with E-state index in [1.165, 1.54) is 6.07 Å². The van der Waals surface area contributed by atoms with Gasteiger partial charge in [0.2, 0.25) is 5.89 Å². The number of hydrogen-bond donors (Lipinski definition) is 0. The zero-order valence-electron chi connectivity index (χ0n) is 16.4. The molecule has 2 aromatic heterocycles. The number of para-hydroxylation sites is 1. The largest absolute Gasteiger partial charge is 0.455 e. The minimum Gasteiger partial charge on any atom is -0.455 e. The maximum Gasteiger partial charge on any atom is 0.280 e. The number of halogens is 1. The van der Waals surface area contributed by atoms with Crippen LogP contribution in [0.5, 0.6) is 0 Å². The molecule has 0 spiro atoms. The Morgan fingerprint density at radius 2 is 1.84 bits per heavy atom. The summed E-state index contributed by atoms with van der Waals surface area (Å²) in [5.41, 5.74) is 3.14. The predicted molar refractivity (Wildman–Crippen MR) is 123 cm³/mol. The van der Waals surface area contributed by atoms with E-state index in [1.807, 2.05) is 12.1 Å². The minimum atomic E-state index is -0.434. The molecule has 8 heteroatoms. The molecule has 0 saturated heterocycles. The van der Waals surface area contributed by atoms with Crippen molar-refractivity contribution < 1.29 is 13.8 Å². The van der Waals surface area contributed by atoms with E-state index in [-0.39, 0.29) is 5.69 Å². The third-order valence-corrected chi connectivity index (χ3v) is 5.01. The first-order valence-electron chi connectivity index (χ1n) is 9.61. The Morgan fingerprint density at radius 3 is 2.69 bits per heavy atom. The van der Waals surface area contributed by atoms with Gasteiger partial charge in [0.25, 0.3) is 5.69 Å². The molecule has 32 heavy (non-hydrogen) atoms. The monoisotopic (exact) mass is 443 g/mol. The van der Waals surface area contributed by atoms with E-state index in [2.05, 4.69) is 9.98 Å². The number of fused-ring (bicyclic) bond motifs is 1. The Morgan fingerprint density at radius 1 is 0.969 bits per heavy atom. The van der Waals surface area contributed by atoms with Gasteiger partial charge in [0.05, 0.1) is 22.4 Å². The molecule has 156 valence electrons. The molecule has 3 aromatic carbocycles. The highest BCUT2D eigenvalue weighted by Gasteiger charge is 2.17. The molecular formula is C24H14ClN3O4. The van der Waals surface area contributed by atoms with Gasteiger partial charge in [0, 0.05) is 16.7 Å². The van der Waals surface area contributed by atoms with E-state index in [0.717, 1.165) is 5.56 Å². The van der Waals surface area contributed by atoms with Crippen LogP contribution in [0.15, 0.2) is 92.7 Å². The fourth-order valence-electron chi connectivity index (χ4n) is 3.29. The van der Waals surface area contributed by atoms with E-state index in [0.29, 0.717) is 44.8 Å². The quantitative estimate of drug-likeness (QED) is 0.164. The second-order valence-corrected chi connectivity index (χ2v) is 7.35. The third-order valence-electron chi connectivity index (χ3n) is 4.78. The van der Waals surface area contributed by atoms with Crippen LogP contribution in [-0.4, -0.2) is 16.1 Å². The van der Waals surface area contributed by atoms with Gasteiger partial charge < -0.3 is 8.83 Å². The molecule has 2 heterocycles. The lowest BCUT2D eigenvalue weighted by Crippen LogP contribution is -1.90. The fourth-order valence-corrected chi connectivity index (χ4v) is 3.48. The van der Waals surface area contributed by atoms with Crippen molar-refractivity contribution in [2.45, 2.75) is 0 Å². The molecular weight excluding hydrogens is 430 g/mol. The summed E-state index contributed by atoms with van der Waals surface area (Å²) in [6.45, 7) is 0. The normalized spacial score (nSPS) is 11.4. The first-order valence-corrected chi connectivity index (χ1v) is 9.99. The van der Waals surface area contributed by atoms with Gasteiger partial charge in [-0.1, -0.05) is 29.8 Å². The van der Waals surface area contributed by atoms with Crippen LogP contribution >= 0.6 is 11.6 Å². The summed E-state index contributed by atoms with van der Waals surface area (Å²) < 4.78 is 11.6. The molecule has 5 rings (SSSR count). The summed E-state index contributed by atoms with van der Waals surface area (Å²) in [6.07, 6.45) is 1.55. The van der Waals surface area contributed by atoms with Gasteiger partial charge in [0.15, 0.2) is 5.58 Å². The molecule has 0 N–H and O–H groups in total. The summed E-state index contributed by atoms with van der Waals surface area (Å²) in [6, 6.07) is 22.5. The number of furan rings is 1. The predicted octanol–water partition coefficient (Wildman–Crippen LogP) is 7.07. The number of rotatable bonds is 5. The van der Waals surface area contributed by atoms with Crippen molar-refractivity contribution in [3.63, 3.8) is 0 Å². The van der Waals surface area contributed by atoms with Gasteiger partial charge in [-0.3, -0.25) is 15.1 Å². The third kappa shape index (κ3) is 3.89. The Balaban J connectivity index is 1.40. The Bertz CT molecular complexity index is 1490. The van der Waals surface area contributed by atoms with Gasteiger partial charge in [0.1, 0.15) is 17.0 Å². The summed E-state index contributed by atoms with van der Waals surface area (Å²) in [5.74, 6) is 1.35. The summed E-state index contributed by atoms with van der Waals surface area (Å²) >= 11 is 6.05. The van der Waals surface area contributed by atoms with Gasteiger partial charge in [-0.05, 0) is 54.6 Å². The number of aliphatic imine (C=N–C) groups is 1. The van der Waals surface area contributed by atoms with Crippen molar-refractivity contribution in [2.75, 3.05) is 0 Å². The molecule has 0 aliphatic carbocycles. The maximum atomic E-state index is 11.2.